The Morgan fingerprint density at radius 2 is 1.89 bits per heavy atom. The van der Waals surface area contributed by atoms with Crippen molar-refractivity contribution in [2.75, 3.05) is 6.54 Å². The first-order valence-corrected chi connectivity index (χ1v) is 13.3. The van der Waals surface area contributed by atoms with E-state index in [0.717, 1.165) is 35.0 Å². The average Bonchev–Trinajstić information content (AvgIpc) is 3.69. The first-order chi connectivity index (χ1) is 18.0. The summed E-state index contributed by atoms with van der Waals surface area (Å²) in [7, 11) is 0. The van der Waals surface area contributed by atoms with Gasteiger partial charge in [-0.15, -0.1) is 5.10 Å². The number of nitrogens with zero attached hydrogens (tertiary/aromatic N) is 4. The summed E-state index contributed by atoms with van der Waals surface area (Å²) in [6.07, 6.45) is 11.1. The standard InChI is InChI=1S/C30H33N5O2/c1-32-29(33-35(31)17-19-11-12-19)23-15-21-9-5-6-10-24(21)28-27(20-7-3-2-4-8-20)25-14-13-22(30(36)37)16-26(25)34(28)18-23/h5-6,9-10,13-14,16,18-20H,1-4,7-8,11-12,15,17,31H2,(H,36,37)/b33-29-. The number of aromatic carboxylic acids is 1. The van der Waals surface area contributed by atoms with Crippen LogP contribution in [0.1, 0.15) is 72.3 Å². The highest BCUT2D eigenvalue weighted by Gasteiger charge is 2.30. The number of hydrogen-bond donors (Lipinski definition) is 2. The van der Waals surface area contributed by atoms with E-state index in [4.69, 9.17) is 5.84 Å². The molecular formula is C30H33N5O2. The second-order valence-electron chi connectivity index (χ2n) is 10.6. The molecule has 0 unspecified atom stereocenters. The van der Waals surface area contributed by atoms with Crippen LogP contribution in [0.3, 0.4) is 0 Å². The second-order valence-corrected chi connectivity index (χ2v) is 10.6. The van der Waals surface area contributed by atoms with Gasteiger partial charge in [-0.3, -0.25) is 0 Å². The van der Waals surface area contributed by atoms with E-state index in [1.165, 1.54) is 53.9 Å². The third-order valence-electron chi connectivity index (χ3n) is 8.04. The van der Waals surface area contributed by atoms with E-state index in [1.807, 2.05) is 6.07 Å². The topological polar surface area (TPSA) is 96.2 Å². The van der Waals surface area contributed by atoms with Gasteiger partial charge in [0.2, 0.25) is 0 Å². The molecule has 0 atom stereocenters. The molecule has 2 fully saturated rings. The van der Waals surface area contributed by atoms with E-state index < -0.39 is 5.97 Å². The lowest BCUT2D eigenvalue weighted by molar-refractivity contribution is 0.0697. The molecule has 3 aromatic rings. The van der Waals surface area contributed by atoms with E-state index in [1.54, 1.807) is 12.1 Å². The monoisotopic (exact) mass is 495 g/mol. The number of carboxylic acid groups (broad SMARTS) is 1. The largest absolute Gasteiger partial charge is 0.478 e. The number of benzene rings is 2. The molecule has 2 aliphatic carbocycles. The average molecular weight is 496 g/mol. The van der Waals surface area contributed by atoms with Gasteiger partial charge in [-0.2, -0.15) is 0 Å². The quantitative estimate of drug-likeness (QED) is 0.188. The lowest BCUT2D eigenvalue weighted by Crippen LogP contribution is -2.29. The molecule has 3 N–H and O–H groups in total. The number of hydrazone groups is 1. The van der Waals surface area contributed by atoms with Gasteiger partial charge in [-0.1, -0.05) is 49.6 Å². The predicted molar refractivity (Wildman–Crippen MR) is 149 cm³/mol. The lowest BCUT2D eigenvalue weighted by Gasteiger charge is -2.23. The highest BCUT2D eigenvalue weighted by atomic mass is 16.4. The zero-order valence-corrected chi connectivity index (χ0v) is 21.1. The molecule has 0 saturated heterocycles. The van der Waals surface area contributed by atoms with Crippen LogP contribution in [-0.2, 0) is 6.42 Å². The van der Waals surface area contributed by atoms with Crippen molar-refractivity contribution in [3.63, 3.8) is 0 Å². The fraction of sp³-hybridized carbons (Fsp3) is 0.367. The number of hydrogen-bond acceptors (Lipinski definition) is 4. The third-order valence-corrected chi connectivity index (χ3v) is 8.04. The van der Waals surface area contributed by atoms with Crippen LogP contribution in [0.15, 0.2) is 58.1 Å². The Hall–Kier alpha value is -3.71. The van der Waals surface area contributed by atoms with Gasteiger partial charge in [0.25, 0.3) is 0 Å². The van der Waals surface area contributed by atoms with Crippen LogP contribution < -0.4 is 5.84 Å². The SMILES string of the molecule is C=N/C(=N\N(N)CC1CC1)C1=Cn2c(c(C3CCCCC3)c3ccc(C(=O)O)cc32)-c2ccccc2C1. The Morgan fingerprint density at radius 1 is 1.11 bits per heavy atom. The molecule has 37 heavy (non-hydrogen) atoms. The molecule has 2 aromatic carbocycles. The number of nitrogens with two attached hydrogens (primary N) is 1. The maximum atomic E-state index is 11.9. The zero-order valence-electron chi connectivity index (χ0n) is 21.1. The van der Waals surface area contributed by atoms with E-state index in [0.29, 0.717) is 30.6 Å². The van der Waals surface area contributed by atoms with Crippen LogP contribution >= 0.6 is 0 Å². The minimum atomic E-state index is -0.927. The number of rotatable bonds is 6. The molecule has 1 aliphatic heterocycles. The molecule has 0 spiro atoms. The minimum Gasteiger partial charge on any atom is -0.478 e. The van der Waals surface area contributed by atoms with Gasteiger partial charge in [-0.25, -0.2) is 20.7 Å². The van der Waals surface area contributed by atoms with E-state index in [9.17, 15) is 9.90 Å². The first kappa shape index (κ1) is 23.7. The smallest absolute Gasteiger partial charge is 0.335 e. The fourth-order valence-corrected chi connectivity index (χ4v) is 6.06. The van der Waals surface area contributed by atoms with Crippen LogP contribution in [0.2, 0.25) is 0 Å². The molecule has 2 saturated carbocycles. The van der Waals surface area contributed by atoms with Crippen LogP contribution in [0, 0.1) is 5.92 Å². The fourth-order valence-electron chi connectivity index (χ4n) is 6.06. The molecule has 0 amide bonds. The van der Waals surface area contributed by atoms with E-state index in [2.05, 4.69) is 51.8 Å². The van der Waals surface area contributed by atoms with Gasteiger partial charge in [0.15, 0.2) is 5.84 Å². The Kier molecular flexibility index (Phi) is 6.16. The normalized spacial score (nSPS) is 18.1. The molecule has 1 aromatic heterocycles. The van der Waals surface area contributed by atoms with Gasteiger partial charge >= 0.3 is 5.97 Å². The van der Waals surface area contributed by atoms with Gasteiger partial charge in [0.05, 0.1) is 23.3 Å². The van der Waals surface area contributed by atoms with Crippen molar-refractivity contribution >= 4 is 35.6 Å². The highest BCUT2D eigenvalue weighted by Crippen LogP contribution is 2.46. The Labute approximate surface area is 217 Å². The van der Waals surface area contributed by atoms with E-state index >= 15 is 0 Å². The molecule has 0 radical (unpaired) electrons. The molecule has 3 aliphatic rings. The number of fused-ring (bicyclic) bond motifs is 5. The molecule has 190 valence electrons. The van der Waals surface area contributed by atoms with Gasteiger partial charge < -0.3 is 9.67 Å². The summed E-state index contributed by atoms with van der Waals surface area (Å²) < 4.78 is 2.18. The van der Waals surface area contributed by atoms with Crippen molar-refractivity contribution in [1.82, 2.24) is 9.69 Å². The zero-order chi connectivity index (χ0) is 25.5. The maximum absolute atomic E-state index is 11.9. The number of carbonyl (C=O) groups is 1. The van der Waals surface area contributed by atoms with Crippen LogP contribution in [-0.4, -0.2) is 39.9 Å². The summed E-state index contributed by atoms with van der Waals surface area (Å²) in [4.78, 5) is 16.2. The second kappa shape index (κ2) is 9.63. The van der Waals surface area contributed by atoms with Crippen LogP contribution in [0.4, 0.5) is 0 Å². The molecule has 7 nitrogen and oxygen atoms in total. The first-order valence-electron chi connectivity index (χ1n) is 13.3. The van der Waals surface area contributed by atoms with Crippen LogP contribution in [0.5, 0.6) is 0 Å². The van der Waals surface area contributed by atoms with Gasteiger partial charge in [0.1, 0.15) is 0 Å². The Bertz CT molecular complexity index is 1440. The molecular weight excluding hydrogens is 462 g/mol. The molecule has 2 heterocycles. The summed E-state index contributed by atoms with van der Waals surface area (Å²) in [5, 5.41) is 17.0. The van der Waals surface area contributed by atoms with E-state index in [-0.39, 0.29) is 5.56 Å². The number of aromatic nitrogens is 1. The van der Waals surface area contributed by atoms with Gasteiger partial charge in [-0.05, 0) is 67.5 Å². The lowest BCUT2D eigenvalue weighted by atomic mass is 9.81. The summed E-state index contributed by atoms with van der Waals surface area (Å²) in [5.74, 6) is 6.84. The highest BCUT2D eigenvalue weighted by molar-refractivity contribution is 6.06. The van der Waals surface area contributed by atoms with Crippen molar-refractivity contribution in [3.05, 3.63) is 64.7 Å². The van der Waals surface area contributed by atoms with Crippen molar-refractivity contribution in [3.8, 4) is 11.3 Å². The summed E-state index contributed by atoms with van der Waals surface area (Å²) in [6.45, 7) is 4.52. The Balaban J connectivity index is 1.60. The third kappa shape index (κ3) is 4.48. The number of hydrazine groups is 1. The summed E-state index contributed by atoms with van der Waals surface area (Å²) >= 11 is 0. The van der Waals surface area contributed by atoms with Crippen molar-refractivity contribution in [2.24, 2.45) is 21.9 Å². The summed E-state index contributed by atoms with van der Waals surface area (Å²) in [6, 6.07) is 14.0. The van der Waals surface area contributed by atoms with Crippen LogP contribution in [0.25, 0.3) is 28.4 Å². The van der Waals surface area contributed by atoms with Crippen molar-refractivity contribution in [1.29, 1.82) is 0 Å². The molecule has 6 rings (SSSR count). The molecule has 7 heteroatoms. The number of aliphatic imine (C=N–C) groups is 1. The predicted octanol–water partition coefficient (Wildman–Crippen LogP) is 6.05. The number of carboxylic acids is 1. The van der Waals surface area contributed by atoms with Crippen molar-refractivity contribution in [2.45, 2.75) is 57.3 Å². The summed E-state index contributed by atoms with van der Waals surface area (Å²) in [5.41, 5.74) is 6.93. The molecule has 0 bridgehead atoms. The Morgan fingerprint density at radius 3 is 2.62 bits per heavy atom. The van der Waals surface area contributed by atoms with Gasteiger partial charge in [0, 0.05) is 29.1 Å². The maximum Gasteiger partial charge on any atom is 0.335 e. The number of amidine groups is 1. The minimum absolute atomic E-state index is 0.281. The van der Waals surface area contributed by atoms with Crippen molar-refractivity contribution < 1.29 is 9.90 Å².